The van der Waals surface area contributed by atoms with Crippen LogP contribution in [0.5, 0.6) is 0 Å². The first kappa shape index (κ1) is 13.2. The Labute approximate surface area is 95.4 Å². The Balaban J connectivity index is 3.02. The van der Waals surface area contributed by atoms with Gasteiger partial charge in [0.2, 0.25) is 0 Å². The summed E-state index contributed by atoms with van der Waals surface area (Å²) in [6, 6.07) is -0.0243. The van der Waals surface area contributed by atoms with Crippen LogP contribution in [0.15, 0.2) is 11.4 Å². The van der Waals surface area contributed by atoms with Crippen molar-refractivity contribution in [2.45, 2.75) is 57.9 Å². The number of nitrogens with zero attached hydrogens (tertiary/aromatic N) is 1. The van der Waals surface area contributed by atoms with Crippen LogP contribution in [-0.2, 0) is 0 Å². The minimum absolute atomic E-state index is 0.0243. The number of hydrazine groups is 1. The van der Waals surface area contributed by atoms with E-state index >= 15 is 0 Å². The molecule has 1 aliphatic rings. The van der Waals surface area contributed by atoms with E-state index in [0.717, 1.165) is 12.8 Å². The van der Waals surface area contributed by atoms with Crippen LogP contribution in [-0.4, -0.2) is 17.0 Å². The third-order valence-electron chi connectivity index (χ3n) is 2.98. The van der Waals surface area contributed by atoms with Crippen LogP contribution in [0.4, 0.5) is 8.78 Å². The first-order valence-corrected chi connectivity index (χ1v) is 5.77. The number of hydrogen-bond acceptors (Lipinski definition) is 3. The molecule has 5 heteroatoms. The van der Waals surface area contributed by atoms with Gasteiger partial charge in [-0.25, -0.2) is 5.84 Å². The molecule has 94 valence electrons. The van der Waals surface area contributed by atoms with Gasteiger partial charge in [0.15, 0.2) is 0 Å². The average Bonchev–Trinajstić information content (AvgIpc) is 2.19. The molecule has 1 aliphatic carbocycles. The second-order valence-corrected chi connectivity index (χ2v) is 4.63. The van der Waals surface area contributed by atoms with Crippen LogP contribution in [0.1, 0.15) is 46.0 Å². The Morgan fingerprint density at radius 2 is 1.88 bits per heavy atom. The van der Waals surface area contributed by atoms with E-state index in [2.05, 4.69) is 0 Å². The summed E-state index contributed by atoms with van der Waals surface area (Å²) in [6.07, 6.45) is 2.56. The van der Waals surface area contributed by atoms with Crippen molar-refractivity contribution >= 4 is 0 Å². The van der Waals surface area contributed by atoms with Gasteiger partial charge < -0.3 is 10.7 Å². The Kier molecular flexibility index (Phi) is 4.13. The summed E-state index contributed by atoms with van der Waals surface area (Å²) in [5.74, 6) is 2.87. The summed E-state index contributed by atoms with van der Waals surface area (Å²) >= 11 is 0. The fourth-order valence-corrected chi connectivity index (χ4v) is 1.88. The maximum atomic E-state index is 13.6. The predicted octanol–water partition coefficient (Wildman–Crippen LogP) is 2.34. The zero-order valence-corrected chi connectivity index (χ0v) is 9.97. The molecule has 0 radical (unpaired) electrons. The van der Waals surface area contributed by atoms with Crippen LogP contribution < -0.4 is 11.6 Å². The minimum Gasteiger partial charge on any atom is -0.396 e. The second-order valence-electron chi connectivity index (χ2n) is 4.63. The highest BCUT2D eigenvalue weighted by molar-refractivity contribution is 5.18. The molecule has 3 nitrogen and oxygen atoms in total. The molecule has 0 heterocycles. The SMILES string of the molecule is CC(C)N(N)/C1=C(\N)C(F)(F)CCCCC1. The lowest BCUT2D eigenvalue weighted by Gasteiger charge is -2.31. The Hall–Kier alpha value is -0.840. The monoisotopic (exact) mass is 233 g/mol. The summed E-state index contributed by atoms with van der Waals surface area (Å²) in [7, 11) is 0. The zero-order valence-electron chi connectivity index (χ0n) is 9.97. The zero-order chi connectivity index (χ0) is 12.3. The summed E-state index contributed by atoms with van der Waals surface area (Å²) < 4.78 is 27.3. The molecule has 0 aromatic heterocycles. The molecular weight excluding hydrogens is 212 g/mol. The molecule has 0 spiro atoms. The van der Waals surface area contributed by atoms with E-state index in [4.69, 9.17) is 11.6 Å². The van der Waals surface area contributed by atoms with Crippen LogP contribution >= 0.6 is 0 Å². The normalized spacial score (nSPS) is 26.4. The molecule has 0 unspecified atom stereocenters. The van der Waals surface area contributed by atoms with Crippen LogP contribution in [0.25, 0.3) is 0 Å². The Morgan fingerprint density at radius 1 is 1.25 bits per heavy atom. The van der Waals surface area contributed by atoms with Crippen molar-refractivity contribution in [2.75, 3.05) is 0 Å². The molecular formula is C11H21F2N3. The molecule has 0 aromatic rings. The highest BCUT2D eigenvalue weighted by Gasteiger charge is 2.36. The van der Waals surface area contributed by atoms with Gasteiger partial charge in [-0.3, -0.25) is 0 Å². The van der Waals surface area contributed by atoms with Crippen molar-refractivity contribution in [3.05, 3.63) is 11.4 Å². The second kappa shape index (κ2) is 4.99. The van der Waals surface area contributed by atoms with Crippen LogP contribution in [0, 0.1) is 0 Å². The fraction of sp³-hybridized carbons (Fsp3) is 0.818. The lowest BCUT2D eigenvalue weighted by Crippen LogP contribution is -2.41. The number of allylic oxidation sites excluding steroid dienone is 2. The molecule has 0 amide bonds. The van der Waals surface area contributed by atoms with Crippen molar-refractivity contribution in [1.82, 2.24) is 5.01 Å². The number of halogens is 2. The fourth-order valence-electron chi connectivity index (χ4n) is 1.88. The van der Waals surface area contributed by atoms with Crippen molar-refractivity contribution < 1.29 is 8.78 Å². The van der Waals surface area contributed by atoms with Crippen molar-refractivity contribution in [3.8, 4) is 0 Å². The van der Waals surface area contributed by atoms with Gasteiger partial charge in [-0.15, -0.1) is 0 Å². The minimum atomic E-state index is -2.91. The molecule has 16 heavy (non-hydrogen) atoms. The van der Waals surface area contributed by atoms with Gasteiger partial charge in [0.1, 0.15) is 0 Å². The first-order chi connectivity index (χ1) is 7.36. The van der Waals surface area contributed by atoms with Gasteiger partial charge in [-0.2, -0.15) is 8.78 Å². The molecule has 0 fully saturated rings. The van der Waals surface area contributed by atoms with E-state index in [0.29, 0.717) is 18.5 Å². The molecule has 0 atom stereocenters. The van der Waals surface area contributed by atoms with Crippen LogP contribution in [0.2, 0.25) is 0 Å². The highest BCUT2D eigenvalue weighted by atomic mass is 19.3. The number of alkyl halides is 2. The van der Waals surface area contributed by atoms with Crippen molar-refractivity contribution in [2.24, 2.45) is 11.6 Å². The largest absolute Gasteiger partial charge is 0.396 e. The third-order valence-corrected chi connectivity index (χ3v) is 2.98. The van der Waals surface area contributed by atoms with Gasteiger partial charge in [0.25, 0.3) is 5.92 Å². The maximum Gasteiger partial charge on any atom is 0.288 e. The lowest BCUT2D eigenvalue weighted by molar-refractivity contribution is 0.0212. The molecule has 0 bridgehead atoms. The molecule has 0 aliphatic heterocycles. The van der Waals surface area contributed by atoms with Crippen molar-refractivity contribution in [3.63, 3.8) is 0 Å². The van der Waals surface area contributed by atoms with E-state index in [1.54, 1.807) is 0 Å². The maximum absolute atomic E-state index is 13.6. The quantitative estimate of drug-likeness (QED) is 0.568. The van der Waals surface area contributed by atoms with E-state index in [1.165, 1.54) is 5.01 Å². The average molecular weight is 233 g/mol. The van der Waals surface area contributed by atoms with Gasteiger partial charge >= 0.3 is 0 Å². The van der Waals surface area contributed by atoms with Gasteiger partial charge in [-0.1, -0.05) is 6.42 Å². The van der Waals surface area contributed by atoms with Crippen molar-refractivity contribution in [1.29, 1.82) is 0 Å². The van der Waals surface area contributed by atoms with Gasteiger partial charge in [0.05, 0.1) is 11.4 Å². The van der Waals surface area contributed by atoms with Gasteiger partial charge in [0, 0.05) is 12.5 Å². The summed E-state index contributed by atoms with van der Waals surface area (Å²) in [6.45, 7) is 3.72. The highest BCUT2D eigenvalue weighted by Crippen LogP contribution is 2.33. The molecule has 0 saturated carbocycles. The molecule has 0 aromatic carbocycles. The van der Waals surface area contributed by atoms with Gasteiger partial charge in [-0.05, 0) is 33.1 Å². The summed E-state index contributed by atoms with van der Waals surface area (Å²) in [4.78, 5) is 0. The standard InChI is InChI=1S/C11H21F2N3/c1-8(2)16(15)9-6-4-3-5-7-11(12,13)10(9)14/h8H,3-7,14-15H2,1-2H3/b10-9-. The van der Waals surface area contributed by atoms with E-state index in [1.807, 2.05) is 13.8 Å². The smallest absolute Gasteiger partial charge is 0.288 e. The predicted molar refractivity (Wildman–Crippen MR) is 60.4 cm³/mol. The first-order valence-electron chi connectivity index (χ1n) is 5.77. The summed E-state index contributed by atoms with van der Waals surface area (Å²) in [5, 5.41) is 1.37. The molecule has 1 rings (SSSR count). The lowest BCUT2D eigenvalue weighted by atomic mass is 9.98. The topological polar surface area (TPSA) is 55.3 Å². The third kappa shape index (κ3) is 2.84. The summed E-state index contributed by atoms with van der Waals surface area (Å²) in [5.41, 5.74) is 5.63. The van der Waals surface area contributed by atoms with E-state index < -0.39 is 5.92 Å². The number of rotatable bonds is 2. The van der Waals surface area contributed by atoms with E-state index in [9.17, 15) is 8.78 Å². The number of nitrogens with two attached hydrogens (primary N) is 2. The molecule has 0 saturated heterocycles. The van der Waals surface area contributed by atoms with E-state index in [-0.39, 0.29) is 18.2 Å². The Bertz CT molecular complexity index is 274. The van der Waals surface area contributed by atoms with Crippen LogP contribution in [0.3, 0.4) is 0 Å². The Morgan fingerprint density at radius 3 is 2.44 bits per heavy atom. The number of hydrogen-bond donors (Lipinski definition) is 2. The molecule has 4 N–H and O–H groups in total.